The van der Waals surface area contributed by atoms with Crippen molar-refractivity contribution < 1.29 is 40.5 Å². The molecule has 0 aromatic heterocycles. The fourth-order valence-electron chi connectivity index (χ4n) is 0.900. The van der Waals surface area contributed by atoms with Gasteiger partial charge >= 0.3 is 29.6 Å². The summed E-state index contributed by atoms with van der Waals surface area (Å²) in [6.45, 7) is 2.17. The molecule has 0 saturated carbocycles. The van der Waals surface area contributed by atoms with Crippen molar-refractivity contribution in [3.63, 3.8) is 0 Å². The standard InChI is InChI=1S/C5H9NS2.Na.2H2O/c7-5(8)6-3-1-2-4-6;;;/h1-4H2,(H,7,8);;2*1H2/q;+1;;/p-1. The van der Waals surface area contributed by atoms with Gasteiger partial charge in [-0.15, -0.1) is 0 Å². The van der Waals surface area contributed by atoms with Crippen LogP contribution in [-0.2, 0) is 12.6 Å². The minimum atomic E-state index is 0. The van der Waals surface area contributed by atoms with Gasteiger partial charge in [0.25, 0.3) is 0 Å². The molecule has 62 valence electrons. The Balaban J connectivity index is -0.000000213. The van der Waals surface area contributed by atoms with Crippen LogP contribution in [0.1, 0.15) is 12.8 Å². The number of thiocarbonyl (C=S) groups is 1. The van der Waals surface area contributed by atoms with Crippen LogP contribution in [0.15, 0.2) is 0 Å². The van der Waals surface area contributed by atoms with Crippen molar-refractivity contribution in [3.05, 3.63) is 0 Å². The third-order valence-corrected chi connectivity index (χ3v) is 1.88. The minimum absolute atomic E-state index is 0. The van der Waals surface area contributed by atoms with Gasteiger partial charge in [-0.3, -0.25) is 0 Å². The smallest absolute Gasteiger partial charge is 0.412 e. The van der Waals surface area contributed by atoms with Crippen molar-refractivity contribution in [1.29, 1.82) is 0 Å². The van der Waals surface area contributed by atoms with E-state index in [0.29, 0.717) is 4.32 Å². The van der Waals surface area contributed by atoms with Crippen molar-refractivity contribution in [1.82, 2.24) is 4.90 Å². The average molecular weight is 205 g/mol. The zero-order valence-corrected chi connectivity index (χ0v) is 10.2. The van der Waals surface area contributed by atoms with Crippen LogP contribution in [-0.4, -0.2) is 33.3 Å². The van der Waals surface area contributed by atoms with Crippen LogP contribution < -0.4 is 29.6 Å². The van der Waals surface area contributed by atoms with Crippen LogP contribution in [0.4, 0.5) is 0 Å². The molecular weight excluding hydrogens is 193 g/mol. The second-order valence-electron chi connectivity index (χ2n) is 1.96. The molecule has 0 unspecified atom stereocenters. The molecule has 1 fully saturated rings. The summed E-state index contributed by atoms with van der Waals surface area (Å²) in [5.74, 6) is 0. The first kappa shape index (κ1) is 17.9. The van der Waals surface area contributed by atoms with Crippen LogP contribution in [0.25, 0.3) is 0 Å². The normalized spacial score (nSPS) is 14.0. The summed E-state index contributed by atoms with van der Waals surface area (Å²) < 4.78 is 0.641. The molecule has 0 atom stereocenters. The van der Waals surface area contributed by atoms with E-state index in [2.05, 4.69) is 4.90 Å². The second-order valence-corrected chi connectivity index (χ2v) is 2.99. The predicted octanol–water partition coefficient (Wildman–Crippen LogP) is -3.73. The van der Waals surface area contributed by atoms with Crippen LogP contribution in [0.2, 0.25) is 0 Å². The van der Waals surface area contributed by atoms with Crippen molar-refractivity contribution >= 4 is 29.2 Å². The third-order valence-electron chi connectivity index (χ3n) is 1.36. The number of hydrogen-bond acceptors (Lipinski definition) is 2. The van der Waals surface area contributed by atoms with Crippen molar-refractivity contribution in [2.75, 3.05) is 13.1 Å². The molecule has 0 amide bonds. The van der Waals surface area contributed by atoms with E-state index in [1.54, 1.807) is 0 Å². The fourth-order valence-corrected chi connectivity index (χ4v) is 1.26. The van der Waals surface area contributed by atoms with E-state index in [1.807, 2.05) is 0 Å². The fraction of sp³-hybridized carbons (Fsp3) is 0.800. The Morgan fingerprint density at radius 3 is 1.73 bits per heavy atom. The monoisotopic (exact) mass is 205 g/mol. The van der Waals surface area contributed by atoms with Crippen molar-refractivity contribution in [3.8, 4) is 0 Å². The first-order valence-electron chi connectivity index (χ1n) is 2.76. The summed E-state index contributed by atoms with van der Waals surface area (Å²) in [7, 11) is 0. The maximum atomic E-state index is 4.80. The molecule has 1 aliphatic rings. The van der Waals surface area contributed by atoms with E-state index >= 15 is 0 Å². The molecule has 0 aliphatic carbocycles. The van der Waals surface area contributed by atoms with E-state index in [-0.39, 0.29) is 40.5 Å². The molecule has 4 N–H and O–H groups in total. The first-order chi connectivity index (χ1) is 3.80. The number of hydrogen-bond donors (Lipinski definition) is 0. The second kappa shape index (κ2) is 9.12. The Labute approximate surface area is 99.8 Å². The van der Waals surface area contributed by atoms with E-state index in [0.717, 1.165) is 13.1 Å². The molecule has 3 nitrogen and oxygen atoms in total. The number of likely N-dealkylation sites (tertiary alicyclic amines) is 1. The van der Waals surface area contributed by atoms with E-state index in [9.17, 15) is 0 Å². The van der Waals surface area contributed by atoms with Gasteiger partial charge in [0, 0.05) is 13.1 Å². The van der Waals surface area contributed by atoms with Gasteiger partial charge in [-0.2, -0.15) is 0 Å². The molecule has 0 spiro atoms. The molecule has 6 heteroatoms. The van der Waals surface area contributed by atoms with Crippen LogP contribution in [0.5, 0.6) is 0 Å². The molecule has 1 saturated heterocycles. The van der Waals surface area contributed by atoms with E-state index in [4.69, 9.17) is 24.8 Å². The maximum Gasteiger partial charge on any atom is 1.00 e. The quantitative estimate of drug-likeness (QED) is 0.232. The number of rotatable bonds is 0. The summed E-state index contributed by atoms with van der Waals surface area (Å²) in [5, 5.41) is 0. The molecule has 1 rings (SSSR count). The van der Waals surface area contributed by atoms with Crippen LogP contribution in [0, 0.1) is 0 Å². The van der Waals surface area contributed by atoms with E-state index < -0.39 is 0 Å². The van der Waals surface area contributed by atoms with Gasteiger partial charge in [-0.05, 0) is 12.8 Å². The summed E-state index contributed by atoms with van der Waals surface area (Å²) >= 11 is 9.59. The Morgan fingerprint density at radius 2 is 1.55 bits per heavy atom. The van der Waals surface area contributed by atoms with Crippen LogP contribution >= 0.6 is 12.2 Å². The molecule has 0 radical (unpaired) electrons. The van der Waals surface area contributed by atoms with E-state index in [1.165, 1.54) is 12.8 Å². The van der Waals surface area contributed by atoms with Gasteiger partial charge in [-0.1, -0.05) is 4.32 Å². The molecule has 0 bridgehead atoms. The average Bonchev–Trinajstić information content (AvgIpc) is 2.12. The maximum absolute atomic E-state index is 4.80. The van der Waals surface area contributed by atoms with Crippen LogP contribution in [0.3, 0.4) is 0 Å². The molecule has 0 aromatic carbocycles. The SMILES string of the molecule is O.O.S=C([S-])N1CCCC1.[Na+]. The zero-order valence-electron chi connectivity index (χ0n) is 6.59. The third kappa shape index (κ3) is 6.21. The molecular formula is C5H12NNaO2S2. The minimum Gasteiger partial charge on any atom is -0.412 e. The Bertz CT molecular complexity index is 109. The van der Waals surface area contributed by atoms with Crippen molar-refractivity contribution in [2.45, 2.75) is 12.8 Å². The van der Waals surface area contributed by atoms with Gasteiger partial charge in [-0.25, -0.2) is 0 Å². The number of nitrogens with zero attached hydrogens (tertiary/aromatic N) is 1. The topological polar surface area (TPSA) is 66.2 Å². The Hall–Kier alpha value is 1.03. The summed E-state index contributed by atoms with van der Waals surface area (Å²) in [5.41, 5.74) is 0. The van der Waals surface area contributed by atoms with Gasteiger partial charge in [0.05, 0.1) is 0 Å². The summed E-state index contributed by atoms with van der Waals surface area (Å²) in [6, 6.07) is 0. The summed E-state index contributed by atoms with van der Waals surface area (Å²) in [4.78, 5) is 2.07. The van der Waals surface area contributed by atoms with Gasteiger partial charge in [0.15, 0.2) is 0 Å². The molecule has 1 heterocycles. The Morgan fingerprint density at radius 1 is 1.18 bits per heavy atom. The summed E-state index contributed by atoms with van der Waals surface area (Å²) in [6.07, 6.45) is 2.52. The van der Waals surface area contributed by atoms with Gasteiger partial charge < -0.3 is 40.7 Å². The molecule has 0 aromatic rings. The zero-order chi connectivity index (χ0) is 5.98. The largest absolute Gasteiger partial charge is 1.00 e. The Kier molecular flexibility index (Phi) is 14.9. The first-order valence-corrected chi connectivity index (χ1v) is 3.58. The molecule has 11 heavy (non-hydrogen) atoms. The molecule has 1 aliphatic heterocycles. The predicted molar refractivity (Wildman–Crippen MR) is 48.0 cm³/mol. The van der Waals surface area contributed by atoms with Gasteiger partial charge in [0.2, 0.25) is 0 Å². The van der Waals surface area contributed by atoms with Crippen molar-refractivity contribution in [2.24, 2.45) is 0 Å². The van der Waals surface area contributed by atoms with Gasteiger partial charge in [0.1, 0.15) is 0 Å².